The molecular formula is C24H31FN2O2. The van der Waals surface area contributed by atoms with Gasteiger partial charge in [-0.1, -0.05) is 0 Å². The summed E-state index contributed by atoms with van der Waals surface area (Å²) in [4.78, 5) is 14.4. The molecule has 156 valence electrons. The van der Waals surface area contributed by atoms with Crippen molar-refractivity contribution in [2.24, 2.45) is 23.2 Å². The van der Waals surface area contributed by atoms with Crippen LogP contribution in [0.2, 0.25) is 0 Å². The van der Waals surface area contributed by atoms with Crippen LogP contribution in [0.4, 0.5) is 4.39 Å². The lowest BCUT2D eigenvalue weighted by Crippen LogP contribution is -2.69. The number of nitrogens with zero attached hydrogens (tertiary/aromatic N) is 1. The molecule has 5 aliphatic carbocycles. The molecule has 0 spiro atoms. The van der Waals surface area contributed by atoms with Gasteiger partial charge in [0.15, 0.2) is 0 Å². The summed E-state index contributed by atoms with van der Waals surface area (Å²) in [5.41, 5.74) is 4.26. The van der Waals surface area contributed by atoms with Crippen molar-refractivity contribution in [1.82, 2.24) is 10.4 Å². The zero-order chi connectivity index (χ0) is 19.8. The summed E-state index contributed by atoms with van der Waals surface area (Å²) in [7, 11) is 0. The van der Waals surface area contributed by atoms with Crippen molar-refractivity contribution in [2.75, 3.05) is 6.54 Å². The molecule has 1 aliphatic heterocycles. The SMILES string of the molecule is O=C(NO)c1cc(F)c2c(c1)CCN(C1(C34CC5CC(CC(C5)C3)C4)CCC1)C2. The average molecular weight is 399 g/mol. The van der Waals surface area contributed by atoms with Gasteiger partial charge < -0.3 is 0 Å². The van der Waals surface area contributed by atoms with Crippen molar-refractivity contribution in [3.63, 3.8) is 0 Å². The smallest absolute Gasteiger partial charge is 0.274 e. The van der Waals surface area contributed by atoms with E-state index in [0.717, 1.165) is 41.8 Å². The highest BCUT2D eigenvalue weighted by atomic mass is 19.1. The Kier molecular flexibility index (Phi) is 3.96. The first-order valence-corrected chi connectivity index (χ1v) is 11.5. The zero-order valence-electron chi connectivity index (χ0n) is 17.1. The van der Waals surface area contributed by atoms with E-state index in [9.17, 15) is 9.18 Å². The molecular weight excluding hydrogens is 367 g/mol. The molecule has 4 bridgehead atoms. The zero-order valence-corrected chi connectivity index (χ0v) is 17.1. The van der Waals surface area contributed by atoms with Gasteiger partial charge in [0.2, 0.25) is 0 Å². The number of hydrogen-bond acceptors (Lipinski definition) is 3. The molecule has 0 aromatic heterocycles. The fraction of sp³-hybridized carbons (Fsp3) is 0.708. The Morgan fingerprint density at radius 1 is 1.10 bits per heavy atom. The minimum absolute atomic E-state index is 0.205. The predicted molar refractivity (Wildman–Crippen MR) is 107 cm³/mol. The molecule has 0 atom stereocenters. The molecule has 0 radical (unpaired) electrons. The number of carbonyl (C=O) groups excluding carboxylic acids is 1. The average Bonchev–Trinajstić information content (AvgIpc) is 2.65. The van der Waals surface area contributed by atoms with E-state index in [1.54, 1.807) is 11.5 Å². The number of carbonyl (C=O) groups is 1. The standard InChI is InChI=1S/C24H31FN2O2/c25-21-10-19(22(28)26-29)9-18-2-5-27(14-20(18)21)24(3-1-4-24)23-11-15-6-16(12-23)8-17(7-15)13-23/h9-10,15-17,29H,1-8,11-14H2,(H,26,28). The Morgan fingerprint density at radius 3 is 2.31 bits per heavy atom. The number of fused-ring (bicyclic) bond motifs is 1. The molecule has 7 rings (SSSR count). The maximum Gasteiger partial charge on any atom is 0.274 e. The van der Waals surface area contributed by atoms with E-state index in [2.05, 4.69) is 4.90 Å². The van der Waals surface area contributed by atoms with Crippen LogP contribution in [0.25, 0.3) is 0 Å². The van der Waals surface area contributed by atoms with Crippen LogP contribution < -0.4 is 5.48 Å². The van der Waals surface area contributed by atoms with Gasteiger partial charge in [0.25, 0.3) is 5.91 Å². The Labute approximate surface area is 171 Å². The van der Waals surface area contributed by atoms with Gasteiger partial charge >= 0.3 is 0 Å². The van der Waals surface area contributed by atoms with E-state index >= 15 is 0 Å². The normalized spacial score (nSPS) is 37.1. The lowest BCUT2D eigenvalue weighted by molar-refractivity contribution is -0.183. The molecule has 2 N–H and O–H groups in total. The van der Waals surface area contributed by atoms with Crippen LogP contribution in [0.5, 0.6) is 0 Å². The second-order valence-electron chi connectivity index (χ2n) is 10.8. The van der Waals surface area contributed by atoms with Crippen molar-refractivity contribution in [1.29, 1.82) is 0 Å². The molecule has 4 nitrogen and oxygen atoms in total. The van der Waals surface area contributed by atoms with Crippen molar-refractivity contribution in [2.45, 2.75) is 76.3 Å². The van der Waals surface area contributed by atoms with E-state index in [-0.39, 0.29) is 16.9 Å². The van der Waals surface area contributed by atoms with Crippen LogP contribution in [-0.2, 0) is 13.0 Å². The second kappa shape index (κ2) is 6.27. The Balaban J connectivity index is 1.33. The second-order valence-corrected chi connectivity index (χ2v) is 10.8. The number of halogens is 1. The first-order valence-electron chi connectivity index (χ1n) is 11.5. The number of hydroxylamine groups is 1. The fourth-order valence-corrected chi connectivity index (χ4v) is 8.55. The lowest BCUT2D eigenvalue weighted by Gasteiger charge is -2.69. The summed E-state index contributed by atoms with van der Waals surface area (Å²) in [5, 5.41) is 8.89. The number of benzene rings is 1. The fourth-order valence-electron chi connectivity index (χ4n) is 8.55. The molecule has 5 heteroatoms. The molecule has 1 heterocycles. The Morgan fingerprint density at radius 2 is 1.76 bits per heavy atom. The molecule has 0 unspecified atom stereocenters. The maximum absolute atomic E-state index is 15.0. The Hall–Kier alpha value is -1.46. The Bertz CT molecular complexity index is 827. The minimum atomic E-state index is -0.641. The molecule has 1 aromatic carbocycles. The number of rotatable bonds is 3. The van der Waals surface area contributed by atoms with Crippen molar-refractivity contribution >= 4 is 5.91 Å². The van der Waals surface area contributed by atoms with Crippen molar-refractivity contribution < 1.29 is 14.4 Å². The molecule has 5 saturated carbocycles. The lowest BCUT2D eigenvalue weighted by atomic mass is 9.41. The molecule has 0 saturated heterocycles. The highest BCUT2D eigenvalue weighted by Gasteiger charge is 2.64. The predicted octanol–water partition coefficient (Wildman–Crippen LogP) is 4.44. The van der Waals surface area contributed by atoms with Gasteiger partial charge in [0.05, 0.1) is 0 Å². The third-order valence-corrected chi connectivity index (χ3v) is 9.46. The highest BCUT2D eigenvalue weighted by molar-refractivity contribution is 5.93. The monoisotopic (exact) mass is 398 g/mol. The first-order chi connectivity index (χ1) is 14.0. The van der Waals surface area contributed by atoms with Crippen LogP contribution in [-0.4, -0.2) is 28.1 Å². The van der Waals surface area contributed by atoms with E-state index in [0.29, 0.717) is 12.0 Å². The quantitative estimate of drug-likeness (QED) is 0.585. The summed E-state index contributed by atoms with van der Waals surface area (Å²) >= 11 is 0. The van der Waals surface area contributed by atoms with Crippen LogP contribution >= 0.6 is 0 Å². The van der Waals surface area contributed by atoms with E-state index < -0.39 is 5.91 Å². The minimum Gasteiger partial charge on any atom is -0.292 e. The van der Waals surface area contributed by atoms with Crippen LogP contribution in [0.1, 0.15) is 79.3 Å². The summed E-state index contributed by atoms with van der Waals surface area (Å²) < 4.78 is 15.0. The van der Waals surface area contributed by atoms with Gasteiger partial charge in [-0.05, 0) is 105 Å². The molecule has 1 aromatic rings. The molecule has 29 heavy (non-hydrogen) atoms. The van der Waals surface area contributed by atoms with Crippen molar-refractivity contribution in [3.05, 3.63) is 34.6 Å². The number of hydrogen-bond donors (Lipinski definition) is 2. The summed E-state index contributed by atoms with van der Waals surface area (Å²) in [5.74, 6) is 1.87. The van der Waals surface area contributed by atoms with Gasteiger partial charge in [-0.3, -0.25) is 14.9 Å². The largest absolute Gasteiger partial charge is 0.292 e. The molecule has 6 aliphatic rings. The molecule has 5 fully saturated rings. The van der Waals surface area contributed by atoms with Crippen LogP contribution in [0, 0.1) is 29.0 Å². The third kappa shape index (κ3) is 2.53. The summed E-state index contributed by atoms with van der Waals surface area (Å²) in [6.45, 7) is 1.63. The van der Waals surface area contributed by atoms with E-state index in [1.807, 2.05) is 0 Å². The van der Waals surface area contributed by atoms with Crippen LogP contribution in [0.3, 0.4) is 0 Å². The van der Waals surface area contributed by atoms with Gasteiger partial charge in [0.1, 0.15) is 5.82 Å². The highest BCUT2D eigenvalue weighted by Crippen LogP contribution is 2.68. The van der Waals surface area contributed by atoms with Gasteiger partial charge in [-0.15, -0.1) is 0 Å². The van der Waals surface area contributed by atoms with E-state index in [4.69, 9.17) is 5.21 Å². The first kappa shape index (κ1) is 18.3. The topological polar surface area (TPSA) is 52.6 Å². The van der Waals surface area contributed by atoms with E-state index in [1.165, 1.54) is 63.9 Å². The molecule has 1 amide bonds. The number of nitrogens with one attached hydrogen (secondary N) is 1. The van der Waals surface area contributed by atoms with Gasteiger partial charge in [-0.25, -0.2) is 9.87 Å². The summed E-state index contributed by atoms with van der Waals surface area (Å²) in [6.07, 6.45) is 13.2. The summed E-state index contributed by atoms with van der Waals surface area (Å²) in [6, 6.07) is 3.05. The third-order valence-electron chi connectivity index (χ3n) is 9.46. The van der Waals surface area contributed by atoms with Crippen LogP contribution in [0.15, 0.2) is 12.1 Å². The van der Waals surface area contributed by atoms with Gasteiger partial charge in [-0.2, -0.15) is 0 Å². The van der Waals surface area contributed by atoms with Gasteiger partial charge in [0, 0.05) is 29.8 Å². The maximum atomic E-state index is 15.0. The van der Waals surface area contributed by atoms with Crippen molar-refractivity contribution in [3.8, 4) is 0 Å². The number of amides is 1.